The third-order valence-electron chi connectivity index (χ3n) is 4.38. The first-order chi connectivity index (χ1) is 13.2. The summed E-state index contributed by atoms with van der Waals surface area (Å²) in [5.41, 5.74) is 4.24. The zero-order valence-corrected chi connectivity index (χ0v) is 18.8. The van der Waals surface area contributed by atoms with Crippen LogP contribution in [0.2, 0.25) is 0 Å². The molecular weight excluding hydrogens is 467 g/mol. The Morgan fingerprint density at radius 3 is 2.54 bits per heavy atom. The van der Waals surface area contributed by atoms with Crippen molar-refractivity contribution in [3.63, 3.8) is 0 Å². The van der Waals surface area contributed by atoms with Crippen LogP contribution in [0.4, 0.5) is 0 Å². The van der Waals surface area contributed by atoms with Gasteiger partial charge in [0.15, 0.2) is 5.96 Å². The molecule has 0 amide bonds. The molecule has 28 heavy (non-hydrogen) atoms. The van der Waals surface area contributed by atoms with Gasteiger partial charge in [-0.1, -0.05) is 37.2 Å². The predicted octanol–water partition coefficient (Wildman–Crippen LogP) is 3.47. The fourth-order valence-electron chi connectivity index (χ4n) is 2.89. The normalized spacial score (nSPS) is 11.2. The van der Waals surface area contributed by atoms with E-state index >= 15 is 0 Å². The fourth-order valence-corrected chi connectivity index (χ4v) is 2.89. The van der Waals surface area contributed by atoms with Gasteiger partial charge in [-0.15, -0.1) is 24.0 Å². The summed E-state index contributed by atoms with van der Waals surface area (Å²) >= 11 is 0. The Balaban J connectivity index is 0.00000280. The van der Waals surface area contributed by atoms with Crippen LogP contribution >= 0.6 is 24.0 Å². The minimum Gasteiger partial charge on any atom is -0.361 e. The van der Waals surface area contributed by atoms with Crippen molar-refractivity contribution in [1.82, 2.24) is 25.6 Å². The van der Waals surface area contributed by atoms with Crippen molar-refractivity contribution >= 4 is 29.9 Å². The first-order valence-corrected chi connectivity index (χ1v) is 9.24. The number of para-hydroxylation sites is 1. The molecule has 3 rings (SSSR count). The average Bonchev–Trinajstić information content (AvgIpc) is 3.35. The van der Waals surface area contributed by atoms with Gasteiger partial charge in [-0.3, -0.25) is 4.99 Å². The van der Waals surface area contributed by atoms with E-state index in [9.17, 15) is 0 Å². The lowest BCUT2D eigenvalue weighted by Gasteiger charge is -2.11. The van der Waals surface area contributed by atoms with Crippen molar-refractivity contribution in [2.45, 2.75) is 39.8 Å². The van der Waals surface area contributed by atoms with Gasteiger partial charge >= 0.3 is 0 Å². The Labute approximate surface area is 182 Å². The smallest absolute Gasteiger partial charge is 0.191 e. The Morgan fingerprint density at radius 2 is 1.86 bits per heavy atom. The number of aliphatic imine (C=N–C) groups is 1. The lowest BCUT2D eigenvalue weighted by atomic mass is 10.1. The molecule has 0 saturated heterocycles. The number of rotatable bonds is 7. The second-order valence-electron chi connectivity index (χ2n) is 6.15. The van der Waals surface area contributed by atoms with Gasteiger partial charge in [0.25, 0.3) is 0 Å². The Hall–Kier alpha value is -2.36. The highest BCUT2D eigenvalue weighted by Gasteiger charge is 2.13. The lowest BCUT2D eigenvalue weighted by molar-refractivity contribution is 0.380. The van der Waals surface area contributed by atoms with Gasteiger partial charge in [-0.05, 0) is 18.6 Å². The van der Waals surface area contributed by atoms with Gasteiger partial charge < -0.3 is 15.2 Å². The van der Waals surface area contributed by atoms with Gasteiger partial charge in [0.05, 0.1) is 17.6 Å². The number of hydrogen-bond donors (Lipinski definition) is 2. The van der Waals surface area contributed by atoms with Crippen molar-refractivity contribution < 1.29 is 4.52 Å². The lowest BCUT2D eigenvalue weighted by Crippen LogP contribution is -2.36. The maximum atomic E-state index is 5.41. The fraction of sp³-hybridized carbons (Fsp3) is 0.350. The van der Waals surface area contributed by atoms with Gasteiger partial charge in [0.1, 0.15) is 5.76 Å². The van der Waals surface area contributed by atoms with Crippen LogP contribution in [-0.4, -0.2) is 27.9 Å². The van der Waals surface area contributed by atoms with Gasteiger partial charge in [0, 0.05) is 43.9 Å². The van der Waals surface area contributed by atoms with E-state index in [4.69, 9.17) is 4.52 Å². The van der Waals surface area contributed by atoms with Gasteiger partial charge in [-0.25, -0.2) is 4.68 Å². The number of guanidine groups is 1. The quantitative estimate of drug-likeness (QED) is 0.299. The number of aryl methyl sites for hydroxylation is 2. The second kappa shape index (κ2) is 10.8. The van der Waals surface area contributed by atoms with Crippen LogP contribution in [0.25, 0.3) is 5.69 Å². The molecule has 0 spiro atoms. The largest absolute Gasteiger partial charge is 0.361 e. The molecule has 0 bridgehead atoms. The van der Waals surface area contributed by atoms with Crippen molar-refractivity contribution in [3.8, 4) is 5.69 Å². The molecule has 150 valence electrons. The number of nitrogens with zero attached hydrogens (tertiary/aromatic N) is 4. The van der Waals surface area contributed by atoms with Crippen LogP contribution in [0.3, 0.4) is 0 Å². The van der Waals surface area contributed by atoms with Crippen molar-refractivity contribution in [2.75, 3.05) is 7.05 Å². The Kier molecular flexibility index (Phi) is 8.49. The van der Waals surface area contributed by atoms with Crippen LogP contribution in [0, 0.1) is 0 Å². The first kappa shape index (κ1) is 21.9. The summed E-state index contributed by atoms with van der Waals surface area (Å²) in [4.78, 5) is 4.29. The molecule has 0 radical (unpaired) electrons. The van der Waals surface area contributed by atoms with Gasteiger partial charge in [0.2, 0.25) is 0 Å². The monoisotopic (exact) mass is 494 g/mol. The number of nitrogens with one attached hydrogen (secondary N) is 2. The summed E-state index contributed by atoms with van der Waals surface area (Å²) in [7, 11) is 1.76. The molecular formula is C20H27IN6O. The van der Waals surface area contributed by atoms with E-state index in [0.717, 1.165) is 47.1 Å². The van der Waals surface area contributed by atoms with E-state index in [-0.39, 0.29) is 24.0 Å². The molecule has 0 aliphatic heterocycles. The van der Waals surface area contributed by atoms with Crippen LogP contribution in [0.5, 0.6) is 0 Å². The first-order valence-electron chi connectivity index (χ1n) is 9.24. The Morgan fingerprint density at radius 1 is 1.11 bits per heavy atom. The zero-order chi connectivity index (χ0) is 19.1. The van der Waals surface area contributed by atoms with E-state index in [2.05, 4.69) is 39.7 Å². The summed E-state index contributed by atoms with van der Waals surface area (Å²) in [6.07, 6.45) is 5.55. The molecule has 0 aliphatic carbocycles. The molecule has 8 heteroatoms. The van der Waals surface area contributed by atoms with Crippen LogP contribution in [0.15, 0.2) is 52.2 Å². The SMILES string of the molecule is CCc1noc(CC)c1CNC(=NC)NCc1cnn(-c2ccccc2)c1.I. The highest BCUT2D eigenvalue weighted by molar-refractivity contribution is 14.0. The highest BCUT2D eigenvalue weighted by Crippen LogP contribution is 2.15. The molecule has 1 aromatic carbocycles. The number of halogens is 1. The summed E-state index contributed by atoms with van der Waals surface area (Å²) < 4.78 is 7.28. The molecule has 2 N–H and O–H groups in total. The molecule has 0 atom stereocenters. The van der Waals surface area contributed by atoms with E-state index < -0.39 is 0 Å². The topological polar surface area (TPSA) is 80.3 Å². The summed E-state index contributed by atoms with van der Waals surface area (Å²) in [6.45, 7) is 5.43. The maximum absolute atomic E-state index is 5.41. The van der Waals surface area contributed by atoms with Crippen molar-refractivity contribution in [2.24, 2.45) is 4.99 Å². The van der Waals surface area contributed by atoms with Gasteiger partial charge in [-0.2, -0.15) is 5.10 Å². The highest BCUT2D eigenvalue weighted by atomic mass is 127. The van der Waals surface area contributed by atoms with Crippen molar-refractivity contribution in [3.05, 3.63) is 65.3 Å². The van der Waals surface area contributed by atoms with Crippen molar-refractivity contribution in [1.29, 1.82) is 0 Å². The summed E-state index contributed by atoms with van der Waals surface area (Å²) in [6, 6.07) is 10.1. The Bertz CT molecular complexity index is 866. The van der Waals surface area contributed by atoms with E-state index in [1.165, 1.54) is 0 Å². The molecule has 3 aromatic rings. The third-order valence-corrected chi connectivity index (χ3v) is 4.38. The van der Waals surface area contributed by atoms with Crippen LogP contribution in [-0.2, 0) is 25.9 Å². The molecule has 0 unspecified atom stereocenters. The summed E-state index contributed by atoms with van der Waals surface area (Å²) in [5.74, 6) is 1.66. The zero-order valence-electron chi connectivity index (χ0n) is 16.5. The molecule has 0 saturated carbocycles. The molecule has 7 nitrogen and oxygen atoms in total. The summed E-state index contributed by atoms with van der Waals surface area (Å²) in [5, 5.41) is 15.2. The maximum Gasteiger partial charge on any atom is 0.191 e. The number of benzene rings is 1. The second-order valence-corrected chi connectivity index (χ2v) is 6.15. The van der Waals surface area contributed by atoms with E-state index in [0.29, 0.717) is 13.1 Å². The predicted molar refractivity (Wildman–Crippen MR) is 121 cm³/mol. The van der Waals surface area contributed by atoms with Crippen LogP contribution < -0.4 is 10.6 Å². The molecule has 0 fully saturated rings. The number of hydrogen-bond acceptors (Lipinski definition) is 4. The number of aromatic nitrogens is 3. The third kappa shape index (κ3) is 5.34. The van der Waals surface area contributed by atoms with E-state index in [1.807, 2.05) is 47.4 Å². The molecule has 0 aliphatic rings. The minimum absolute atomic E-state index is 0. The standard InChI is InChI=1S/C20H26N6O.HI/c1-4-18-17(19(5-2)27-25-18)13-23-20(21-3)22-11-15-12-24-26(14-15)16-9-7-6-8-10-16;/h6-10,12,14H,4-5,11,13H2,1-3H3,(H2,21,22,23);1H. The van der Waals surface area contributed by atoms with Crippen LogP contribution in [0.1, 0.15) is 36.4 Å². The average molecular weight is 494 g/mol. The molecule has 2 heterocycles. The van der Waals surface area contributed by atoms with E-state index in [1.54, 1.807) is 7.05 Å². The molecule has 2 aromatic heterocycles. The minimum atomic E-state index is 0.